The summed E-state index contributed by atoms with van der Waals surface area (Å²) in [4.78, 5) is 20.4. The summed E-state index contributed by atoms with van der Waals surface area (Å²) < 4.78 is 12.7. The molecule has 0 radical (unpaired) electrons. The zero-order chi connectivity index (χ0) is 13.8. The summed E-state index contributed by atoms with van der Waals surface area (Å²) >= 11 is 0. The second-order valence-corrected chi connectivity index (χ2v) is 4.77. The predicted octanol–water partition coefficient (Wildman–Crippen LogP) is 2.99. The van der Waals surface area contributed by atoms with Crippen molar-refractivity contribution in [3.63, 3.8) is 0 Å². The van der Waals surface area contributed by atoms with Crippen molar-refractivity contribution in [3.05, 3.63) is 34.9 Å². The zero-order valence-electron chi connectivity index (χ0n) is 11.1. The van der Waals surface area contributed by atoms with Crippen molar-refractivity contribution in [2.45, 2.75) is 32.5 Å². The highest BCUT2D eigenvalue weighted by molar-refractivity contribution is 6.16. The second-order valence-electron chi connectivity index (χ2n) is 4.77. The number of ketones is 1. The van der Waals surface area contributed by atoms with E-state index in [0.717, 1.165) is 5.56 Å². The van der Waals surface area contributed by atoms with Crippen LogP contribution in [0, 0.1) is 0 Å². The molecular formula is C15H17FN2O. The second kappa shape index (κ2) is 5.87. The van der Waals surface area contributed by atoms with Crippen LogP contribution in [0.3, 0.4) is 0 Å². The topological polar surface area (TPSA) is 41.8 Å². The number of alkyl halides is 1. The summed E-state index contributed by atoms with van der Waals surface area (Å²) in [5, 5.41) is 0. The molecule has 0 amide bonds. The molecule has 19 heavy (non-hydrogen) atoms. The fraction of sp³-hybridized carbons (Fsp3) is 0.400. The van der Waals surface area contributed by atoms with Crippen molar-refractivity contribution >= 4 is 18.2 Å². The number of aliphatic imine (C=N–C) groups is 2. The molecule has 2 atom stereocenters. The third kappa shape index (κ3) is 2.95. The molecule has 0 aliphatic carbocycles. The number of halogens is 1. The first-order valence-corrected chi connectivity index (χ1v) is 6.34. The smallest absolute Gasteiger partial charge is 0.160 e. The summed E-state index contributed by atoms with van der Waals surface area (Å²) in [6.07, 6.45) is 3.37. The van der Waals surface area contributed by atoms with Crippen molar-refractivity contribution in [3.8, 4) is 0 Å². The molecule has 0 spiro atoms. The fourth-order valence-electron chi connectivity index (χ4n) is 2.33. The van der Waals surface area contributed by atoms with Gasteiger partial charge in [-0.25, -0.2) is 4.39 Å². The van der Waals surface area contributed by atoms with Gasteiger partial charge in [-0.3, -0.25) is 14.8 Å². The Morgan fingerprint density at radius 2 is 2.21 bits per heavy atom. The number of hydrogen-bond donors (Lipinski definition) is 0. The minimum Gasteiger partial charge on any atom is -0.295 e. The molecule has 1 aromatic rings. The molecule has 2 unspecified atom stereocenters. The van der Waals surface area contributed by atoms with E-state index in [-0.39, 0.29) is 17.7 Å². The Kier molecular flexibility index (Phi) is 4.20. The minimum absolute atomic E-state index is 0.0466. The zero-order valence-corrected chi connectivity index (χ0v) is 11.1. The van der Waals surface area contributed by atoms with Crippen LogP contribution < -0.4 is 0 Å². The van der Waals surface area contributed by atoms with Crippen LogP contribution in [0.4, 0.5) is 4.39 Å². The monoisotopic (exact) mass is 260 g/mol. The van der Waals surface area contributed by atoms with E-state index in [1.54, 1.807) is 24.6 Å². The molecule has 3 nitrogen and oxygen atoms in total. The van der Waals surface area contributed by atoms with E-state index in [9.17, 15) is 9.18 Å². The Morgan fingerprint density at radius 1 is 1.42 bits per heavy atom. The van der Waals surface area contributed by atoms with Crippen LogP contribution in [-0.4, -0.2) is 30.8 Å². The molecule has 1 aromatic carbocycles. The normalized spacial score (nSPS) is 22.3. The molecule has 0 aromatic heterocycles. The molecule has 0 N–H and O–H groups in total. The van der Waals surface area contributed by atoms with E-state index >= 15 is 0 Å². The third-order valence-electron chi connectivity index (χ3n) is 3.43. The largest absolute Gasteiger partial charge is 0.295 e. The Balaban J connectivity index is 2.45. The van der Waals surface area contributed by atoms with Gasteiger partial charge < -0.3 is 0 Å². The summed E-state index contributed by atoms with van der Waals surface area (Å²) in [6, 6.07) is 5.26. The van der Waals surface area contributed by atoms with Gasteiger partial charge in [0.05, 0.1) is 6.04 Å². The van der Waals surface area contributed by atoms with Crippen LogP contribution in [0.5, 0.6) is 0 Å². The summed E-state index contributed by atoms with van der Waals surface area (Å²) in [7, 11) is 0. The summed E-state index contributed by atoms with van der Waals surface area (Å²) in [6.45, 7) is 3.55. The van der Waals surface area contributed by atoms with Crippen LogP contribution in [-0.2, 0) is 6.67 Å². The van der Waals surface area contributed by atoms with Crippen LogP contribution in [0.25, 0.3) is 0 Å². The molecule has 1 heterocycles. The lowest BCUT2D eigenvalue weighted by Gasteiger charge is -2.21. The third-order valence-corrected chi connectivity index (χ3v) is 3.43. The first-order valence-electron chi connectivity index (χ1n) is 6.34. The maximum atomic E-state index is 12.7. The molecule has 0 saturated heterocycles. The van der Waals surface area contributed by atoms with Crippen LogP contribution in [0.15, 0.2) is 28.2 Å². The number of carbonyl (C=O) groups is 1. The minimum atomic E-state index is -0.558. The first-order chi connectivity index (χ1) is 9.13. The Labute approximate surface area is 112 Å². The number of carbonyl (C=O) groups excluding carboxylic acids is 1. The van der Waals surface area contributed by atoms with Gasteiger partial charge in [-0.15, -0.1) is 0 Å². The van der Waals surface area contributed by atoms with Crippen molar-refractivity contribution in [2.75, 3.05) is 6.54 Å². The average molecular weight is 260 g/mol. The number of benzene rings is 1. The number of hydrogen-bond acceptors (Lipinski definition) is 3. The van der Waals surface area contributed by atoms with Crippen molar-refractivity contribution in [1.82, 2.24) is 0 Å². The van der Waals surface area contributed by atoms with Gasteiger partial charge in [0, 0.05) is 30.5 Å². The quantitative estimate of drug-likeness (QED) is 0.770. The lowest BCUT2D eigenvalue weighted by molar-refractivity contribution is 0.101. The van der Waals surface area contributed by atoms with Gasteiger partial charge >= 0.3 is 0 Å². The average Bonchev–Trinajstić information content (AvgIpc) is 2.62. The molecule has 1 aliphatic rings. The summed E-state index contributed by atoms with van der Waals surface area (Å²) in [5.41, 5.74) is 2.02. The van der Waals surface area contributed by atoms with E-state index in [4.69, 9.17) is 0 Å². The molecule has 100 valence electrons. The lowest BCUT2D eigenvalue weighted by atomic mass is 9.87. The maximum Gasteiger partial charge on any atom is 0.160 e. The molecule has 0 fully saturated rings. The number of Topliss-reactive ketones (excluding diaryl/α,β-unsaturated/α-hetero) is 1. The molecular weight excluding hydrogens is 243 g/mol. The van der Waals surface area contributed by atoms with E-state index in [1.165, 1.54) is 6.92 Å². The number of nitrogens with zero attached hydrogens (tertiary/aromatic N) is 2. The standard InChI is InChI=1S/C15H17FN2O/c1-10-15(9-17-5-6-18-10)13-4-3-12(8-16)7-14(13)11(2)19/h3-7,10,15H,8-9H2,1-2H3. The van der Waals surface area contributed by atoms with Crippen molar-refractivity contribution < 1.29 is 9.18 Å². The van der Waals surface area contributed by atoms with Gasteiger partial charge in [0.15, 0.2) is 5.78 Å². The fourth-order valence-corrected chi connectivity index (χ4v) is 2.33. The van der Waals surface area contributed by atoms with Gasteiger partial charge in [-0.2, -0.15) is 0 Å². The highest BCUT2D eigenvalue weighted by Gasteiger charge is 2.23. The van der Waals surface area contributed by atoms with E-state index in [0.29, 0.717) is 17.7 Å². The Bertz CT molecular complexity index is 537. The molecule has 4 heteroatoms. The van der Waals surface area contributed by atoms with Crippen LogP contribution in [0.2, 0.25) is 0 Å². The predicted molar refractivity (Wildman–Crippen MR) is 75.3 cm³/mol. The number of rotatable bonds is 3. The van der Waals surface area contributed by atoms with Gasteiger partial charge in [0.2, 0.25) is 0 Å². The van der Waals surface area contributed by atoms with Crippen molar-refractivity contribution in [1.29, 1.82) is 0 Å². The molecule has 0 bridgehead atoms. The van der Waals surface area contributed by atoms with Gasteiger partial charge in [0.25, 0.3) is 0 Å². The molecule has 0 saturated carbocycles. The Morgan fingerprint density at radius 3 is 2.89 bits per heavy atom. The van der Waals surface area contributed by atoms with Crippen molar-refractivity contribution in [2.24, 2.45) is 9.98 Å². The highest BCUT2D eigenvalue weighted by Crippen LogP contribution is 2.28. The Hall–Kier alpha value is -1.84. The van der Waals surface area contributed by atoms with E-state index in [1.807, 2.05) is 13.0 Å². The van der Waals surface area contributed by atoms with Gasteiger partial charge in [0.1, 0.15) is 6.67 Å². The van der Waals surface area contributed by atoms with E-state index < -0.39 is 6.67 Å². The van der Waals surface area contributed by atoms with E-state index in [2.05, 4.69) is 9.98 Å². The molecule has 1 aliphatic heterocycles. The first kappa shape index (κ1) is 13.6. The lowest BCUT2D eigenvalue weighted by Crippen LogP contribution is -2.18. The SMILES string of the molecule is CC(=O)c1cc(CF)ccc1C1CN=CC=NC1C. The van der Waals surface area contributed by atoms with Gasteiger partial charge in [-0.05, 0) is 31.0 Å². The summed E-state index contributed by atoms with van der Waals surface area (Å²) in [5.74, 6) is 0.0114. The maximum absolute atomic E-state index is 12.7. The van der Waals surface area contributed by atoms with Gasteiger partial charge in [-0.1, -0.05) is 12.1 Å². The van der Waals surface area contributed by atoms with Crippen LogP contribution in [0.1, 0.15) is 41.3 Å². The van der Waals surface area contributed by atoms with Crippen LogP contribution >= 0.6 is 0 Å². The highest BCUT2D eigenvalue weighted by atomic mass is 19.1. The molecule has 2 rings (SSSR count).